The lowest BCUT2D eigenvalue weighted by Gasteiger charge is -2.12. The molecule has 0 bridgehead atoms. The van der Waals surface area contributed by atoms with E-state index in [1.54, 1.807) is 0 Å². The van der Waals surface area contributed by atoms with Crippen molar-refractivity contribution in [3.8, 4) is 5.75 Å². The number of aliphatic hydroxyl groups is 1. The van der Waals surface area contributed by atoms with E-state index in [0.29, 0.717) is 5.69 Å². The molecule has 16 heavy (non-hydrogen) atoms. The third kappa shape index (κ3) is 2.22. The number of hydrogen-bond acceptors (Lipinski definition) is 6. The number of nitrogens with zero attached hydrogens (tertiary/aromatic N) is 1. The summed E-state index contributed by atoms with van der Waals surface area (Å²) in [6, 6.07) is 1.45. The summed E-state index contributed by atoms with van der Waals surface area (Å²) in [7, 11) is 2.61. The minimum atomic E-state index is -0.823. The van der Waals surface area contributed by atoms with Crippen molar-refractivity contribution in [2.75, 3.05) is 20.0 Å². The summed E-state index contributed by atoms with van der Waals surface area (Å²) in [4.78, 5) is 15.4. The summed E-state index contributed by atoms with van der Waals surface area (Å²) < 4.78 is 9.51. The van der Waals surface area contributed by atoms with Gasteiger partial charge < -0.3 is 20.3 Å². The molecule has 1 unspecified atom stereocenters. The van der Waals surface area contributed by atoms with Gasteiger partial charge in [0, 0.05) is 0 Å². The quantitative estimate of drug-likeness (QED) is 0.729. The second-order valence-corrected chi connectivity index (χ2v) is 3.19. The Bertz CT molecular complexity index is 404. The van der Waals surface area contributed by atoms with Gasteiger partial charge in [0.1, 0.15) is 0 Å². The molecular formula is C10H14N2O4. The van der Waals surface area contributed by atoms with Crippen LogP contribution in [0.5, 0.6) is 5.75 Å². The van der Waals surface area contributed by atoms with Crippen molar-refractivity contribution in [3.05, 3.63) is 17.5 Å². The Morgan fingerprint density at radius 1 is 1.56 bits per heavy atom. The Labute approximate surface area is 93.0 Å². The number of nitrogens with two attached hydrogens (primary N) is 1. The highest BCUT2D eigenvalue weighted by Gasteiger charge is 2.20. The van der Waals surface area contributed by atoms with E-state index in [1.165, 1.54) is 27.2 Å². The number of methoxy groups -OCH3 is 2. The zero-order valence-corrected chi connectivity index (χ0v) is 9.35. The number of esters is 1. The summed E-state index contributed by atoms with van der Waals surface area (Å²) >= 11 is 0. The molecule has 0 saturated heterocycles. The van der Waals surface area contributed by atoms with Gasteiger partial charge in [-0.1, -0.05) is 0 Å². The number of ether oxygens (including phenoxy) is 2. The van der Waals surface area contributed by atoms with Gasteiger partial charge in [-0.2, -0.15) is 0 Å². The van der Waals surface area contributed by atoms with Crippen LogP contribution in [-0.4, -0.2) is 30.3 Å². The van der Waals surface area contributed by atoms with E-state index in [-0.39, 0.29) is 17.1 Å². The van der Waals surface area contributed by atoms with E-state index in [4.69, 9.17) is 10.5 Å². The molecule has 0 spiro atoms. The Kier molecular flexibility index (Phi) is 3.68. The van der Waals surface area contributed by atoms with E-state index in [2.05, 4.69) is 9.72 Å². The molecule has 1 atom stereocenters. The molecule has 88 valence electrons. The largest absolute Gasteiger partial charge is 0.492 e. The van der Waals surface area contributed by atoms with Gasteiger partial charge in [0.25, 0.3) is 0 Å². The van der Waals surface area contributed by atoms with Crippen molar-refractivity contribution < 1.29 is 19.4 Å². The second-order valence-electron chi connectivity index (χ2n) is 3.19. The zero-order chi connectivity index (χ0) is 12.3. The van der Waals surface area contributed by atoms with Crippen LogP contribution in [0.2, 0.25) is 0 Å². The Morgan fingerprint density at radius 2 is 2.19 bits per heavy atom. The van der Waals surface area contributed by atoms with Crippen LogP contribution in [-0.2, 0) is 4.74 Å². The van der Waals surface area contributed by atoms with Gasteiger partial charge in [-0.25, -0.2) is 9.78 Å². The molecule has 6 heteroatoms. The first-order chi connectivity index (χ1) is 7.51. The van der Waals surface area contributed by atoms with Gasteiger partial charge in [-0.3, -0.25) is 0 Å². The van der Waals surface area contributed by atoms with Crippen LogP contribution in [0.25, 0.3) is 0 Å². The minimum Gasteiger partial charge on any atom is -0.492 e. The third-order valence-electron chi connectivity index (χ3n) is 2.03. The van der Waals surface area contributed by atoms with Crippen molar-refractivity contribution in [3.63, 3.8) is 0 Å². The first-order valence-electron chi connectivity index (χ1n) is 4.62. The Balaban J connectivity index is 3.36. The monoisotopic (exact) mass is 226 g/mol. The molecule has 0 radical (unpaired) electrons. The highest BCUT2D eigenvalue weighted by atomic mass is 16.5. The number of pyridine rings is 1. The van der Waals surface area contributed by atoms with Gasteiger partial charge >= 0.3 is 5.97 Å². The molecule has 0 aliphatic carbocycles. The first kappa shape index (κ1) is 12.3. The van der Waals surface area contributed by atoms with Crippen LogP contribution in [0.15, 0.2) is 6.07 Å². The number of carbonyl (C=O) groups is 1. The molecule has 6 nitrogen and oxygen atoms in total. The van der Waals surface area contributed by atoms with Crippen molar-refractivity contribution in [2.24, 2.45) is 0 Å². The van der Waals surface area contributed by atoms with Gasteiger partial charge in [0.2, 0.25) is 0 Å². The summed E-state index contributed by atoms with van der Waals surface area (Å²) in [5.41, 5.74) is 6.16. The number of anilines is 1. The van der Waals surface area contributed by atoms with Gasteiger partial charge in [0.05, 0.1) is 31.7 Å². The molecule has 0 aromatic carbocycles. The SMILES string of the molecule is COC(=O)c1nc(C(C)O)cc(N)c1OC. The smallest absolute Gasteiger partial charge is 0.360 e. The van der Waals surface area contributed by atoms with E-state index in [1.807, 2.05) is 0 Å². The number of rotatable bonds is 3. The maximum absolute atomic E-state index is 11.4. The lowest BCUT2D eigenvalue weighted by Crippen LogP contribution is -2.11. The van der Waals surface area contributed by atoms with Crippen molar-refractivity contribution in [2.45, 2.75) is 13.0 Å². The van der Waals surface area contributed by atoms with E-state index >= 15 is 0 Å². The van der Waals surface area contributed by atoms with Crippen LogP contribution in [0.4, 0.5) is 5.69 Å². The van der Waals surface area contributed by atoms with Crippen molar-refractivity contribution >= 4 is 11.7 Å². The van der Waals surface area contributed by atoms with Gasteiger partial charge in [-0.15, -0.1) is 0 Å². The molecule has 0 saturated carbocycles. The van der Waals surface area contributed by atoms with Crippen LogP contribution < -0.4 is 10.5 Å². The second kappa shape index (κ2) is 4.80. The molecule has 1 heterocycles. The van der Waals surface area contributed by atoms with E-state index < -0.39 is 12.1 Å². The van der Waals surface area contributed by atoms with Crippen LogP contribution >= 0.6 is 0 Å². The lowest BCUT2D eigenvalue weighted by atomic mass is 10.2. The highest BCUT2D eigenvalue weighted by Crippen LogP contribution is 2.28. The summed E-state index contributed by atoms with van der Waals surface area (Å²) in [5, 5.41) is 9.38. The molecule has 0 aliphatic heterocycles. The van der Waals surface area contributed by atoms with Crippen molar-refractivity contribution in [1.29, 1.82) is 0 Å². The average Bonchev–Trinajstić information content (AvgIpc) is 2.26. The fourth-order valence-corrected chi connectivity index (χ4v) is 1.24. The van der Waals surface area contributed by atoms with Crippen molar-refractivity contribution in [1.82, 2.24) is 4.98 Å². The molecule has 3 N–H and O–H groups in total. The van der Waals surface area contributed by atoms with Crippen LogP contribution in [0, 0.1) is 0 Å². The fraction of sp³-hybridized carbons (Fsp3) is 0.400. The normalized spacial score (nSPS) is 12.0. The maximum atomic E-state index is 11.4. The van der Waals surface area contributed by atoms with E-state index in [0.717, 1.165) is 0 Å². The Hall–Kier alpha value is -1.82. The summed E-state index contributed by atoms with van der Waals surface area (Å²) in [6.07, 6.45) is -0.823. The summed E-state index contributed by atoms with van der Waals surface area (Å²) in [5.74, 6) is -0.512. The molecule has 0 fully saturated rings. The van der Waals surface area contributed by atoms with Gasteiger partial charge in [0.15, 0.2) is 11.4 Å². The predicted octanol–water partition coefficient (Wildman–Crippen LogP) is 0.512. The molecule has 1 rings (SSSR count). The number of nitrogen functional groups attached to an aromatic ring is 1. The van der Waals surface area contributed by atoms with Crippen LogP contribution in [0.3, 0.4) is 0 Å². The molecular weight excluding hydrogens is 212 g/mol. The zero-order valence-electron chi connectivity index (χ0n) is 9.35. The molecule has 0 amide bonds. The number of aliphatic hydroxyl groups excluding tert-OH is 1. The lowest BCUT2D eigenvalue weighted by molar-refractivity contribution is 0.0589. The number of aromatic nitrogens is 1. The fourth-order valence-electron chi connectivity index (χ4n) is 1.24. The molecule has 0 aliphatic rings. The predicted molar refractivity (Wildman–Crippen MR) is 57.2 cm³/mol. The van der Waals surface area contributed by atoms with Gasteiger partial charge in [-0.05, 0) is 13.0 Å². The average molecular weight is 226 g/mol. The molecule has 1 aromatic rings. The first-order valence-corrected chi connectivity index (χ1v) is 4.62. The third-order valence-corrected chi connectivity index (χ3v) is 2.03. The highest BCUT2D eigenvalue weighted by molar-refractivity contribution is 5.92. The standard InChI is InChI=1S/C10H14N2O4/c1-5(13)7-4-6(11)9(15-2)8(12-7)10(14)16-3/h4-5,13H,1-3H3,(H2,11,12). The topological polar surface area (TPSA) is 94.7 Å². The number of carbonyl (C=O) groups excluding carboxylic acids is 1. The van der Waals surface area contributed by atoms with E-state index in [9.17, 15) is 9.90 Å². The molecule has 1 aromatic heterocycles. The number of hydrogen-bond donors (Lipinski definition) is 2. The Morgan fingerprint density at radius 3 is 2.62 bits per heavy atom. The van der Waals surface area contributed by atoms with Crippen LogP contribution in [0.1, 0.15) is 29.2 Å². The minimum absolute atomic E-state index is 0.0408. The maximum Gasteiger partial charge on any atom is 0.360 e. The summed E-state index contributed by atoms with van der Waals surface area (Å²) in [6.45, 7) is 1.52.